The second-order valence-corrected chi connectivity index (χ2v) is 6.40. The van der Waals surface area contributed by atoms with Gasteiger partial charge in [-0.2, -0.15) is 5.26 Å². The van der Waals surface area contributed by atoms with Crippen molar-refractivity contribution in [2.24, 2.45) is 0 Å². The SMILES string of the molecule is C[C@H](OC(=O)Cc1coc2ccc3ccccc3c12)C(=O)N(C)CCC#N. The van der Waals surface area contributed by atoms with E-state index in [0.717, 1.165) is 21.7 Å². The van der Waals surface area contributed by atoms with Crippen LogP contribution in [0.3, 0.4) is 0 Å². The van der Waals surface area contributed by atoms with E-state index < -0.39 is 12.1 Å². The number of carbonyl (C=O) groups is 2. The zero-order valence-corrected chi connectivity index (χ0v) is 15.3. The van der Waals surface area contributed by atoms with Crippen molar-refractivity contribution in [1.82, 2.24) is 4.90 Å². The molecular weight excluding hydrogens is 344 g/mol. The Labute approximate surface area is 156 Å². The molecule has 2 aromatic carbocycles. The Bertz CT molecular complexity index is 1030. The monoisotopic (exact) mass is 364 g/mol. The molecule has 0 spiro atoms. The van der Waals surface area contributed by atoms with Crippen molar-refractivity contribution in [3.63, 3.8) is 0 Å². The molecule has 0 radical (unpaired) electrons. The Hall–Kier alpha value is -3.33. The summed E-state index contributed by atoms with van der Waals surface area (Å²) in [6, 6.07) is 13.7. The minimum absolute atomic E-state index is 0.0144. The van der Waals surface area contributed by atoms with Gasteiger partial charge in [-0.3, -0.25) is 9.59 Å². The molecule has 0 fully saturated rings. The van der Waals surface area contributed by atoms with Crippen LogP contribution in [0.15, 0.2) is 47.1 Å². The van der Waals surface area contributed by atoms with Crippen molar-refractivity contribution < 1.29 is 18.7 Å². The van der Waals surface area contributed by atoms with Crippen LogP contribution in [0.5, 0.6) is 0 Å². The number of hydrogen-bond acceptors (Lipinski definition) is 5. The van der Waals surface area contributed by atoms with E-state index >= 15 is 0 Å². The summed E-state index contributed by atoms with van der Waals surface area (Å²) in [5, 5.41) is 11.6. The first-order valence-electron chi connectivity index (χ1n) is 8.70. The number of nitrogens with zero attached hydrogens (tertiary/aromatic N) is 2. The summed E-state index contributed by atoms with van der Waals surface area (Å²) >= 11 is 0. The number of nitriles is 1. The number of fused-ring (bicyclic) bond motifs is 3. The Morgan fingerprint density at radius 2 is 2.04 bits per heavy atom. The summed E-state index contributed by atoms with van der Waals surface area (Å²) in [5.41, 5.74) is 1.43. The molecule has 1 aromatic heterocycles. The van der Waals surface area contributed by atoms with E-state index in [1.165, 1.54) is 11.8 Å². The fourth-order valence-corrected chi connectivity index (χ4v) is 3.09. The maximum atomic E-state index is 12.4. The van der Waals surface area contributed by atoms with Crippen molar-refractivity contribution in [2.45, 2.75) is 25.9 Å². The van der Waals surface area contributed by atoms with Gasteiger partial charge in [-0.1, -0.05) is 30.3 Å². The van der Waals surface area contributed by atoms with Gasteiger partial charge in [0.2, 0.25) is 0 Å². The number of benzene rings is 2. The molecule has 1 heterocycles. The Morgan fingerprint density at radius 1 is 1.26 bits per heavy atom. The molecule has 3 aromatic rings. The van der Waals surface area contributed by atoms with Gasteiger partial charge in [0.15, 0.2) is 6.10 Å². The van der Waals surface area contributed by atoms with Crippen LogP contribution in [0.4, 0.5) is 0 Å². The molecule has 0 saturated heterocycles. The Kier molecular flexibility index (Phi) is 5.41. The van der Waals surface area contributed by atoms with E-state index in [-0.39, 0.29) is 18.7 Å². The lowest BCUT2D eigenvalue weighted by Gasteiger charge is -2.20. The topological polar surface area (TPSA) is 83.5 Å². The summed E-state index contributed by atoms with van der Waals surface area (Å²) in [6.07, 6.45) is 0.901. The molecule has 6 nitrogen and oxygen atoms in total. The lowest BCUT2D eigenvalue weighted by atomic mass is 10.0. The predicted octanol–water partition coefficient (Wildman–Crippen LogP) is 3.43. The number of rotatable bonds is 6. The average Bonchev–Trinajstić information content (AvgIpc) is 3.08. The summed E-state index contributed by atoms with van der Waals surface area (Å²) < 4.78 is 10.9. The van der Waals surface area contributed by atoms with E-state index in [2.05, 4.69) is 0 Å². The molecule has 6 heteroatoms. The van der Waals surface area contributed by atoms with E-state index in [0.29, 0.717) is 12.1 Å². The van der Waals surface area contributed by atoms with Crippen molar-refractivity contribution in [3.8, 4) is 6.07 Å². The van der Waals surface area contributed by atoms with E-state index in [4.69, 9.17) is 14.4 Å². The van der Waals surface area contributed by atoms with Gasteiger partial charge >= 0.3 is 5.97 Å². The zero-order chi connectivity index (χ0) is 19.4. The molecule has 138 valence electrons. The van der Waals surface area contributed by atoms with Crippen LogP contribution in [0.1, 0.15) is 18.9 Å². The number of esters is 1. The molecule has 3 rings (SSSR count). The minimum atomic E-state index is -0.906. The van der Waals surface area contributed by atoms with Gasteiger partial charge in [0.05, 0.1) is 25.2 Å². The van der Waals surface area contributed by atoms with E-state index in [1.807, 2.05) is 42.5 Å². The maximum absolute atomic E-state index is 12.4. The average molecular weight is 364 g/mol. The van der Waals surface area contributed by atoms with Gasteiger partial charge < -0.3 is 14.1 Å². The molecule has 0 bridgehead atoms. The van der Waals surface area contributed by atoms with Crippen LogP contribution in [0.2, 0.25) is 0 Å². The summed E-state index contributed by atoms with van der Waals surface area (Å²) in [6.45, 7) is 1.83. The molecule has 0 aliphatic heterocycles. The Balaban J connectivity index is 1.74. The van der Waals surface area contributed by atoms with Crippen molar-refractivity contribution in [1.29, 1.82) is 5.26 Å². The van der Waals surface area contributed by atoms with Crippen molar-refractivity contribution >= 4 is 33.6 Å². The van der Waals surface area contributed by atoms with Gasteiger partial charge in [-0.25, -0.2) is 0 Å². The summed E-state index contributed by atoms with van der Waals surface area (Å²) in [4.78, 5) is 25.9. The highest BCUT2D eigenvalue weighted by molar-refractivity contribution is 6.08. The number of ether oxygens (including phenoxy) is 1. The van der Waals surface area contributed by atoms with E-state index in [9.17, 15) is 9.59 Å². The smallest absolute Gasteiger partial charge is 0.311 e. The van der Waals surface area contributed by atoms with Crippen LogP contribution in [0, 0.1) is 11.3 Å². The number of carbonyl (C=O) groups excluding carboxylic acids is 2. The second kappa shape index (κ2) is 7.92. The number of hydrogen-bond donors (Lipinski definition) is 0. The molecule has 0 unspecified atom stereocenters. The lowest BCUT2D eigenvalue weighted by molar-refractivity contribution is -0.157. The molecule has 1 atom stereocenters. The fourth-order valence-electron chi connectivity index (χ4n) is 3.09. The highest BCUT2D eigenvalue weighted by Crippen LogP contribution is 2.30. The highest BCUT2D eigenvalue weighted by atomic mass is 16.5. The van der Waals surface area contributed by atoms with Crippen LogP contribution in [-0.4, -0.2) is 36.5 Å². The molecule has 27 heavy (non-hydrogen) atoms. The molecule has 0 aliphatic carbocycles. The third-order valence-electron chi connectivity index (χ3n) is 4.47. The molecular formula is C21H20N2O4. The number of furan rings is 1. The van der Waals surface area contributed by atoms with Crippen LogP contribution < -0.4 is 0 Å². The summed E-state index contributed by atoms with van der Waals surface area (Å²) in [7, 11) is 1.58. The van der Waals surface area contributed by atoms with Gasteiger partial charge in [0.1, 0.15) is 5.58 Å². The molecule has 0 saturated carbocycles. The van der Waals surface area contributed by atoms with Crippen molar-refractivity contribution in [2.75, 3.05) is 13.6 Å². The second-order valence-electron chi connectivity index (χ2n) is 6.40. The minimum Gasteiger partial charge on any atom is -0.464 e. The first-order chi connectivity index (χ1) is 13.0. The summed E-state index contributed by atoms with van der Waals surface area (Å²) in [5.74, 6) is -0.832. The lowest BCUT2D eigenvalue weighted by Crippen LogP contribution is -2.38. The third kappa shape index (κ3) is 3.93. The van der Waals surface area contributed by atoms with Crippen LogP contribution in [-0.2, 0) is 20.7 Å². The van der Waals surface area contributed by atoms with Gasteiger partial charge in [-0.05, 0) is 23.8 Å². The predicted molar refractivity (Wildman–Crippen MR) is 101 cm³/mol. The van der Waals surface area contributed by atoms with Crippen LogP contribution >= 0.6 is 0 Å². The van der Waals surface area contributed by atoms with Gasteiger partial charge in [0.25, 0.3) is 5.91 Å². The zero-order valence-electron chi connectivity index (χ0n) is 15.3. The maximum Gasteiger partial charge on any atom is 0.311 e. The number of amides is 1. The fraction of sp³-hybridized carbons (Fsp3) is 0.286. The highest BCUT2D eigenvalue weighted by Gasteiger charge is 2.22. The quantitative estimate of drug-likeness (QED) is 0.626. The molecule has 0 N–H and O–H groups in total. The van der Waals surface area contributed by atoms with Crippen molar-refractivity contribution in [3.05, 3.63) is 48.2 Å². The third-order valence-corrected chi connectivity index (χ3v) is 4.47. The van der Waals surface area contributed by atoms with E-state index in [1.54, 1.807) is 13.3 Å². The largest absolute Gasteiger partial charge is 0.464 e. The first kappa shape index (κ1) is 18.5. The van der Waals surface area contributed by atoms with Crippen LogP contribution in [0.25, 0.3) is 21.7 Å². The Morgan fingerprint density at radius 3 is 2.81 bits per heavy atom. The first-order valence-corrected chi connectivity index (χ1v) is 8.70. The number of likely N-dealkylation sites (N-methyl/N-ethyl adjacent to an activating group) is 1. The standard InChI is InChI=1S/C21H20N2O4/c1-14(21(25)23(2)11-5-10-22)27-19(24)12-16-13-26-18-9-8-15-6-3-4-7-17(15)20(16)18/h3-4,6-9,13-14H,5,11-12H2,1-2H3/t14-/m0/s1. The normalized spacial score (nSPS) is 11.9. The molecule has 1 amide bonds. The van der Waals surface area contributed by atoms with Gasteiger partial charge in [0, 0.05) is 24.5 Å². The molecule has 0 aliphatic rings. The van der Waals surface area contributed by atoms with Gasteiger partial charge in [-0.15, -0.1) is 0 Å².